The maximum absolute atomic E-state index is 15.1. The molecule has 0 fully saturated rings. The number of rotatable bonds is 9. The molecule has 194 valence electrons. The third-order valence-electron chi connectivity index (χ3n) is 5.86. The van der Waals surface area contributed by atoms with E-state index in [1.807, 2.05) is 48.1 Å². The van der Waals surface area contributed by atoms with Gasteiger partial charge in [-0.1, -0.05) is 61.0 Å². The smallest absolute Gasteiger partial charge is 0.254 e. The Morgan fingerprint density at radius 3 is 2.62 bits per heavy atom. The number of benzene rings is 3. The molecule has 3 aromatic carbocycles. The summed E-state index contributed by atoms with van der Waals surface area (Å²) in [4.78, 5) is 14.7. The lowest BCUT2D eigenvalue weighted by Crippen LogP contribution is -2.26. The summed E-state index contributed by atoms with van der Waals surface area (Å²) in [7, 11) is 1.72. The normalized spacial score (nSPS) is 11.5. The first-order valence-corrected chi connectivity index (χ1v) is 12.1. The SMILES string of the molecule is CC[C@H](N)c1ccc(Cl)c(Oc2cccc(C(=O)N(C)Cc3cnn(Cc4ccccc4)c3)c2)c1F.Cl. The van der Waals surface area contributed by atoms with Crippen LogP contribution in [0.4, 0.5) is 4.39 Å². The molecule has 2 N–H and O–H groups in total. The summed E-state index contributed by atoms with van der Waals surface area (Å²) in [6, 6.07) is 19.3. The average Bonchev–Trinajstić information content (AvgIpc) is 3.32. The quantitative estimate of drug-likeness (QED) is 0.258. The zero-order chi connectivity index (χ0) is 25.7. The number of halogens is 3. The van der Waals surface area contributed by atoms with Gasteiger partial charge in [-0.05, 0) is 36.2 Å². The Hall–Kier alpha value is -3.39. The van der Waals surface area contributed by atoms with Gasteiger partial charge in [0.2, 0.25) is 0 Å². The number of ether oxygens (including phenoxy) is 1. The van der Waals surface area contributed by atoms with Gasteiger partial charge in [-0.15, -0.1) is 12.4 Å². The van der Waals surface area contributed by atoms with Crippen molar-refractivity contribution in [2.24, 2.45) is 5.73 Å². The van der Waals surface area contributed by atoms with Crippen molar-refractivity contribution in [1.29, 1.82) is 0 Å². The van der Waals surface area contributed by atoms with Crippen molar-refractivity contribution in [3.63, 3.8) is 0 Å². The molecule has 6 nitrogen and oxygen atoms in total. The molecule has 1 amide bonds. The number of hydrogen-bond donors (Lipinski definition) is 1. The molecular weight excluding hydrogens is 514 g/mol. The van der Waals surface area contributed by atoms with Crippen LogP contribution in [0.2, 0.25) is 5.02 Å². The average molecular weight is 543 g/mol. The number of aromatic nitrogens is 2. The fraction of sp³-hybridized carbons (Fsp3) is 0.214. The molecule has 4 rings (SSSR count). The number of carbonyl (C=O) groups excluding carboxylic acids is 1. The van der Waals surface area contributed by atoms with Crippen molar-refractivity contribution in [3.8, 4) is 11.5 Å². The molecule has 0 spiro atoms. The maximum atomic E-state index is 15.1. The Kier molecular flexibility index (Phi) is 9.69. The molecule has 0 saturated heterocycles. The third kappa shape index (κ3) is 6.89. The van der Waals surface area contributed by atoms with Crippen LogP contribution in [0.1, 0.15) is 46.4 Å². The van der Waals surface area contributed by atoms with Gasteiger partial charge < -0.3 is 15.4 Å². The molecule has 0 radical (unpaired) electrons. The molecule has 0 bridgehead atoms. The van der Waals surface area contributed by atoms with E-state index in [9.17, 15) is 4.79 Å². The number of amides is 1. The molecule has 0 saturated carbocycles. The second-order valence-electron chi connectivity index (χ2n) is 8.62. The summed E-state index contributed by atoms with van der Waals surface area (Å²) in [6.07, 6.45) is 4.25. The molecule has 9 heteroatoms. The summed E-state index contributed by atoms with van der Waals surface area (Å²) in [5, 5.41) is 4.53. The van der Waals surface area contributed by atoms with Crippen molar-refractivity contribution in [2.75, 3.05) is 7.05 Å². The van der Waals surface area contributed by atoms with E-state index in [2.05, 4.69) is 5.10 Å². The van der Waals surface area contributed by atoms with Crippen molar-refractivity contribution in [1.82, 2.24) is 14.7 Å². The van der Waals surface area contributed by atoms with Gasteiger partial charge in [-0.3, -0.25) is 9.48 Å². The number of nitrogens with two attached hydrogens (primary N) is 1. The summed E-state index contributed by atoms with van der Waals surface area (Å²) in [5.41, 5.74) is 8.81. The van der Waals surface area contributed by atoms with Crippen LogP contribution in [0.3, 0.4) is 0 Å². The van der Waals surface area contributed by atoms with Gasteiger partial charge in [-0.25, -0.2) is 4.39 Å². The van der Waals surface area contributed by atoms with E-state index in [4.69, 9.17) is 22.1 Å². The molecule has 0 aliphatic heterocycles. The minimum atomic E-state index is -0.599. The topological polar surface area (TPSA) is 73.4 Å². The van der Waals surface area contributed by atoms with E-state index in [-0.39, 0.29) is 29.1 Å². The maximum Gasteiger partial charge on any atom is 0.254 e. The van der Waals surface area contributed by atoms with Gasteiger partial charge in [0.05, 0.1) is 17.8 Å². The first kappa shape index (κ1) is 28.2. The zero-order valence-electron chi connectivity index (χ0n) is 20.6. The zero-order valence-corrected chi connectivity index (χ0v) is 22.2. The molecule has 0 aliphatic rings. The van der Waals surface area contributed by atoms with Gasteiger partial charge in [0.1, 0.15) is 5.75 Å². The van der Waals surface area contributed by atoms with Crippen molar-refractivity contribution in [2.45, 2.75) is 32.5 Å². The lowest BCUT2D eigenvalue weighted by atomic mass is 10.0. The van der Waals surface area contributed by atoms with Crippen LogP contribution in [0, 0.1) is 5.82 Å². The van der Waals surface area contributed by atoms with Crippen molar-refractivity contribution in [3.05, 3.63) is 112 Å². The first-order chi connectivity index (χ1) is 17.4. The lowest BCUT2D eigenvalue weighted by molar-refractivity contribution is 0.0784. The summed E-state index contributed by atoms with van der Waals surface area (Å²) < 4.78 is 22.7. The lowest BCUT2D eigenvalue weighted by Gasteiger charge is -2.18. The second-order valence-corrected chi connectivity index (χ2v) is 9.02. The van der Waals surface area contributed by atoms with Gasteiger partial charge in [0.15, 0.2) is 11.6 Å². The fourth-order valence-electron chi connectivity index (χ4n) is 3.87. The van der Waals surface area contributed by atoms with E-state index < -0.39 is 11.9 Å². The second kappa shape index (κ2) is 12.7. The minimum absolute atomic E-state index is 0. The summed E-state index contributed by atoms with van der Waals surface area (Å²) in [5.74, 6) is -0.613. The van der Waals surface area contributed by atoms with Gasteiger partial charge in [0, 0.05) is 42.5 Å². The Labute approximate surface area is 227 Å². The molecule has 0 aliphatic carbocycles. The number of carbonyl (C=O) groups is 1. The highest BCUT2D eigenvalue weighted by atomic mass is 35.5. The van der Waals surface area contributed by atoms with Crippen LogP contribution < -0.4 is 10.5 Å². The predicted octanol–water partition coefficient (Wildman–Crippen LogP) is 6.62. The Balaban J connectivity index is 0.00000380. The predicted molar refractivity (Wildman–Crippen MR) is 146 cm³/mol. The Morgan fingerprint density at radius 2 is 1.89 bits per heavy atom. The number of hydrogen-bond acceptors (Lipinski definition) is 4. The molecule has 0 unspecified atom stereocenters. The van der Waals surface area contributed by atoms with E-state index in [1.54, 1.807) is 54.5 Å². The van der Waals surface area contributed by atoms with E-state index in [1.165, 1.54) is 0 Å². The molecule has 1 heterocycles. The van der Waals surface area contributed by atoms with Crippen LogP contribution in [0.25, 0.3) is 0 Å². The molecule has 1 atom stereocenters. The Morgan fingerprint density at radius 1 is 1.14 bits per heavy atom. The van der Waals surface area contributed by atoms with Gasteiger partial charge >= 0.3 is 0 Å². The van der Waals surface area contributed by atoms with Crippen LogP contribution in [-0.2, 0) is 13.1 Å². The highest BCUT2D eigenvalue weighted by Gasteiger charge is 2.19. The Bertz CT molecular complexity index is 1350. The van der Waals surface area contributed by atoms with E-state index in [0.717, 1.165) is 11.1 Å². The van der Waals surface area contributed by atoms with Crippen LogP contribution >= 0.6 is 24.0 Å². The molecule has 1 aromatic heterocycles. The third-order valence-corrected chi connectivity index (χ3v) is 6.16. The van der Waals surface area contributed by atoms with Gasteiger partial charge in [0.25, 0.3) is 5.91 Å². The minimum Gasteiger partial charge on any atom is -0.453 e. The summed E-state index contributed by atoms with van der Waals surface area (Å²) in [6.45, 7) is 2.91. The highest BCUT2D eigenvalue weighted by Crippen LogP contribution is 2.36. The monoisotopic (exact) mass is 542 g/mol. The first-order valence-electron chi connectivity index (χ1n) is 11.7. The van der Waals surface area contributed by atoms with Crippen LogP contribution in [0.15, 0.2) is 79.1 Å². The van der Waals surface area contributed by atoms with Crippen LogP contribution in [-0.4, -0.2) is 27.6 Å². The van der Waals surface area contributed by atoms with E-state index in [0.29, 0.717) is 36.4 Å². The standard InChI is InChI=1S/C28H28ClFN4O2.ClH/c1-3-25(31)23-12-13-24(29)27(26(23)30)36-22-11-7-10-21(14-22)28(35)33(2)16-20-15-32-34(18-20)17-19-8-5-4-6-9-19;/h4-15,18,25H,3,16-17,31H2,1-2H3;1H/t25-;/m0./s1. The van der Waals surface area contributed by atoms with E-state index >= 15 is 4.39 Å². The highest BCUT2D eigenvalue weighted by molar-refractivity contribution is 6.32. The summed E-state index contributed by atoms with van der Waals surface area (Å²) >= 11 is 6.21. The largest absolute Gasteiger partial charge is 0.453 e. The fourth-order valence-corrected chi connectivity index (χ4v) is 4.05. The van der Waals surface area contributed by atoms with Crippen LogP contribution in [0.5, 0.6) is 11.5 Å². The number of nitrogens with zero attached hydrogens (tertiary/aromatic N) is 3. The molecule has 4 aromatic rings. The van der Waals surface area contributed by atoms with Crippen molar-refractivity contribution < 1.29 is 13.9 Å². The van der Waals surface area contributed by atoms with Gasteiger partial charge in [-0.2, -0.15) is 5.10 Å². The van der Waals surface area contributed by atoms with Crippen molar-refractivity contribution >= 4 is 29.9 Å². The molecule has 37 heavy (non-hydrogen) atoms. The molecular formula is C28H29Cl2FN4O2.